The second-order valence-corrected chi connectivity index (χ2v) is 7.13. The molecule has 0 aliphatic heterocycles. The average molecular weight is 379 g/mol. The number of nitrogens with zero attached hydrogens (tertiary/aromatic N) is 1. The predicted octanol–water partition coefficient (Wildman–Crippen LogP) is 1.05. The SMILES string of the molecule is CCN(CC)S(=O)(=O)c1ccc(OC)c(C(=O)NCC(F)(F)CN)c1. The van der Waals surface area contributed by atoms with E-state index in [0.717, 1.165) is 6.07 Å². The highest BCUT2D eigenvalue weighted by Gasteiger charge is 2.29. The fraction of sp³-hybridized carbons (Fsp3) is 0.533. The van der Waals surface area contributed by atoms with E-state index in [1.807, 2.05) is 5.32 Å². The van der Waals surface area contributed by atoms with Crippen LogP contribution in [0.5, 0.6) is 5.75 Å². The zero-order chi connectivity index (χ0) is 19.3. The van der Waals surface area contributed by atoms with Crippen molar-refractivity contribution < 1.29 is 26.7 Å². The lowest BCUT2D eigenvalue weighted by molar-refractivity contribution is 0.0118. The molecule has 0 saturated heterocycles. The van der Waals surface area contributed by atoms with Crippen molar-refractivity contribution in [1.29, 1.82) is 0 Å². The van der Waals surface area contributed by atoms with Gasteiger partial charge >= 0.3 is 0 Å². The number of sulfonamides is 1. The third kappa shape index (κ3) is 5.10. The van der Waals surface area contributed by atoms with Crippen molar-refractivity contribution in [2.45, 2.75) is 24.7 Å². The van der Waals surface area contributed by atoms with E-state index in [-0.39, 0.29) is 29.3 Å². The highest BCUT2D eigenvalue weighted by Crippen LogP contribution is 2.25. The Morgan fingerprint density at radius 2 is 1.92 bits per heavy atom. The molecule has 0 unspecified atom stereocenters. The highest BCUT2D eigenvalue weighted by atomic mass is 32.2. The van der Waals surface area contributed by atoms with Gasteiger partial charge in [-0.05, 0) is 18.2 Å². The van der Waals surface area contributed by atoms with Crippen LogP contribution in [0.3, 0.4) is 0 Å². The Bertz CT molecular complexity index is 707. The van der Waals surface area contributed by atoms with Crippen LogP contribution in [-0.2, 0) is 10.0 Å². The lowest BCUT2D eigenvalue weighted by Crippen LogP contribution is -2.41. The molecule has 0 atom stereocenters. The van der Waals surface area contributed by atoms with E-state index in [9.17, 15) is 22.0 Å². The molecule has 25 heavy (non-hydrogen) atoms. The number of amides is 1. The van der Waals surface area contributed by atoms with Crippen LogP contribution in [0.4, 0.5) is 8.78 Å². The standard InChI is InChI=1S/C15H23F2N3O4S/c1-4-20(5-2)25(22,23)11-6-7-13(24-3)12(8-11)14(21)19-10-15(16,17)9-18/h6-8H,4-5,9-10,18H2,1-3H3,(H,19,21). The van der Waals surface area contributed by atoms with Gasteiger partial charge in [-0.25, -0.2) is 17.2 Å². The van der Waals surface area contributed by atoms with E-state index in [1.54, 1.807) is 13.8 Å². The average Bonchev–Trinajstić information content (AvgIpc) is 2.59. The molecule has 10 heteroatoms. The van der Waals surface area contributed by atoms with E-state index in [4.69, 9.17) is 10.5 Å². The number of alkyl halides is 2. The lowest BCUT2D eigenvalue weighted by atomic mass is 10.2. The fourth-order valence-electron chi connectivity index (χ4n) is 2.11. The Hall–Kier alpha value is -1.78. The molecular weight excluding hydrogens is 356 g/mol. The molecule has 0 aromatic heterocycles. The number of benzene rings is 1. The molecule has 0 bridgehead atoms. The Labute approximate surface area is 146 Å². The summed E-state index contributed by atoms with van der Waals surface area (Å²) in [5.41, 5.74) is 4.77. The predicted molar refractivity (Wildman–Crippen MR) is 89.4 cm³/mol. The maximum atomic E-state index is 13.2. The summed E-state index contributed by atoms with van der Waals surface area (Å²) in [6, 6.07) is 3.73. The van der Waals surface area contributed by atoms with Crippen LogP contribution in [0.25, 0.3) is 0 Å². The molecule has 0 radical (unpaired) electrons. The van der Waals surface area contributed by atoms with Crippen LogP contribution in [0.2, 0.25) is 0 Å². The second-order valence-electron chi connectivity index (χ2n) is 5.19. The Kier molecular flexibility index (Phi) is 7.27. The van der Waals surface area contributed by atoms with Gasteiger partial charge < -0.3 is 15.8 Å². The van der Waals surface area contributed by atoms with Gasteiger partial charge in [-0.15, -0.1) is 0 Å². The second kappa shape index (κ2) is 8.54. The molecule has 0 aliphatic carbocycles. The Morgan fingerprint density at radius 1 is 1.32 bits per heavy atom. The molecule has 142 valence electrons. The number of halogens is 2. The van der Waals surface area contributed by atoms with Crippen LogP contribution in [0, 0.1) is 0 Å². The van der Waals surface area contributed by atoms with Gasteiger partial charge in [0.25, 0.3) is 11.8 Å². The zero-order valence-corrected chi connectivity index (χ0v) is 15.2. The van der Waals surface area contributed by atoms with Gasteiger partial charge in [0.15, 0.2) is 0 Å². The molecule has 0 aliphatic rings. The largest absolute Gasteiger partial charge is 0.496 e. The first-order valence-electron chi connectivity index (χ1n) is 7.67. The number of nitrogens with two attached hydrogens (primary N) is 1. The first-order chi connectivity index (χ1) is 11.6. The molecule has 0 spiro atoms. The fourth-order valence-corrected chi connectivity index (χ4v) is 3.60. The van der Waals surface area contributed by atoms with Gasteiger partial charge in [-0.2, -0.15) is 4.31 Å². The van der Waals surface area contributed by atoms with Crippen molar-refractivity contribution in [2.75, 3.05) is 33.3 Å². The van der Waals surface area contributed by atoms with Crippen molar-refractivity contribution in [3.05, 3.63) is 23.8 Å². The summed E-state index contributed by atoms with van der Waals surface area (Å²) in [5.74, 6) is -4.05. The minimum atomic E-state index is -3.80. The smallest absolute Gasteiger partial charge is 0.277 e. The van der Waals surface area contributed by atoms with Crippen molar-refractivity contribution in [3.63, 3.8) is 0 Å². The van der Waals surface area contributed by atoms with Crippen LogP contribution >= 0.6 is 0 Å². The van der Waals surface area contributed by atoms with E-state index in [2.05, 4.69) is 0 Å². The topological polar surface area (TPSA) is 102 Å². The maximum Gasteiger partial charge on any atom is 0.277 e. The van der Waals surface area contributed by atoms with Gasteiger partial charge in [0.2, 0.25) is 10.0 Å². The van der Waals surface area contributed by atoms with E-state index in [1.165, 1.54) is 23.5 Å². The quantitative estimate of drug-likeness (QED) is 0.668. The zero-order valence-electron chi connectivity index (χ0n) is 14.4. The number of hydrogen-bond donors (Lipinski definition) is 2. The van der Waals surface area contributed by atoms with Crippen molar-refractivity contribution in [1.82, 2.24) is 9.62 Å². The van der Waals surface area contributed by atoms with Crippen LogP contribution in [-0.4, -0.2) is 57.8 Å². The highest BCUT2D eigenvalue weighted by molar-refractivity contribution is 7.89. The van der Waals surface area contributed by atoms with Gasteiger partial charge in [0, 0.05) is 13.1 Å². The molecule has 1 amide bonds. The van der Waals surface area contributed by atoms with E-state index < -0.39 is 34.9 Å². The molecule has 0 fully saturated rings. The third-order valence-corrected chi connectivity index (χ3v) is 5.61. The first kappa shape index (κ1) is 21.3. The summed E-state index contributed by atoms with van der Waals surface area (Å²) in [7, 11) is -2.51. The summed E-state index contributed by atoms with van der Waals surface area (Å²) in [5, 5.41) is 2.04. The number of rotatable bonds is 9. The summed E-state index contributed by atoms with van der Waals surface area (Å²) in [4.78, 5) is 12.1. The Morgan fingerprint density at radius 3 is 2.40 bits per heavy atom. The van der Waals surface area contributed by atoms with Gasteiger partial charge in [0.1, 0.15) is 5.75 Å². The minimum absolute atomic E-state index is 0.0760. The van der Waals surface area contributed by atoms with Crippen molar-refractivity contribution in [3.8, 4) is 5.75 Å². The van der Waals surface area contributed by atoms with Gasteiger partial charge in [-0.3, -0.25) is 4.79 Å². The molecule has 3 N–H and O–H groups in total. The monoisotopic (exact) mass is 379 g/mol. The Balaban J connectivity index is 3.21. The van der Waals surface area contributed by atoms with Crippen molar-refractivity contribution >= 4 is 15.9 Å². The first-order valence-corrected chi connectivity index (χ1v) is 9.11. The number of carbonyl (C=O) groups is 1. The summed E-state index contributed by atoms with van der Waals surface area (Å²) >= 11 is 0. The maximum absolute atomic E-state index is 13.2. The number of ether oxygens (including phenoxy) is 1. The van der Waals surface area contributed by atoms with E-state index in [0.29, 0.717) is 0 Å². The number of methoxy groups -OCH3 is 1. The summed E-state index contributed by atoms with van der Waals surface area (Å²) < 4.78 is 57.8. The molecule has 7 nitrogen and oxygen atoms in total. The normalized spacial score (nSPS) is 12.3. The third-order valence-electron chi connectivity index (χ3n) is 3.56. The number of nitrogens with one attached hydrogen (secondary N) is 1. The van der Waals surface area contributed by atoms with Gasteiger partial charge in [-0.1, -0.05) is 13.8 Å². The summed E-state index contributed by atoms with van der Waals surface area (Å²) in [6.45, 7) is 2.02. The molecular formula is C15H23F2N3O4S. The van der Waals surface area contributed by atoms with Crippen LogP contribution in [0.15, 0.2) is 23.1 Å². The van der Waals surface area contributed by atoms with Crippen LogP contribution < -0.4 is 15.8 Å². The molecule has 1 aromatic carbocycles. The molecule has 0 saturated carbocycles. The van der Waals surface area contributed by atoms with Gasteiger partial charge in [0.05, 0.1) is 30.7 Å². The number of hydrogen-bond acceptors (Lipinski definition) is 5. The lowest BCUT2D eigenvalue weighted by Gasteiger charge is -2.20. The summed E-state index contributed by atoms with van der Waals surface area (Å²) in [6.07, 6.45) is 0. The number of carbonyl (C=O) groups excluding carboxylic acids is 1. The van der Waals surface area contributed by atoms with E-state index >= 15 is 0 Å². The molecule has 0 heterocycles. The minimum Gasteiger partial charge on any atom is -0.496 e. The molecule has 1 rings (SSSR count). The van der Waals surface area contributed by atoms with Crippen molar-refractivity contribution in [2.24, 2.45) is 5.73 Å². The van der Waals surface area contributed by atoms with Crippen LogP contribution in [0.1, 0.15) is 24.2 Å². The molecule has 1 aromatic rings.